The third-order valence-electron chi connectivity index (χ3n) is 3.17. The minimum Gasteiger partial charge on any atom is -0.456 e. The van der Waals surface area contributed by atoms with Crippen molar-refractivity contribution in [2.75, 3.05) is 0 Å². The summed E-state index contributed by atoms with van der Waals surface area (Å²) in [7, 11) is 0. The number of rotatable bonds is 3. The van der Waals surface area contributed by atoms with E-state index in [0.29, 0.717) is 22.0 Å². The van der Waals surface area contributed by atoms with Crippen molar-refractivity contribution in [1.82, 2.24) is 5.16 Å². The first kappa shape index (κ1) is 14.1. The molecule has 21 heavy (non-hydrogen) atoms. The average Bonchev–Trinajstić information content (AvgIpc) is 2.97. The van der Waals surface area contributed by atoms with E-state index in [1.54, 1.807) is 13.8 Å². The summed E-state index contributed by atoms with van der Waals surface area (Å²) in [6, 6.07) is 7.83. The maximum absolute atomic E-state index is 12.1. The van der Waals surface area contributed by atoms with Crippen molar-refractivity contribution in [2.45, 2.75) is 20.5 Å². The van der Waals surface area contributed by atoms with Gasteiger partial charge in [-0.25, -0.2) is 4.79 Å². The molecule has 0 bridgehead atoms. The first-order chi connectivity index (χ1) is 10.1. The van der Waals surface area contributed by atoms with Crippen LogP contribution in [0.3, 0.4) is 0 Å². The number of carbonyl (C=O) groups is 1. The predicted octanol–water partition coefficient (Wildman–Crippen LogP) is 4.52. The molecule has 0 amide bonds. The van der Waals surface area contributed by atoms with Crippen molar-refractivity contribution >= 4 is 39.0 Å². The highest BCUT2D eigenvalue weighted by atomic mass is 35.5. The van der Waals surface area contributed by atoms with E-state index in [0.717, 1.165) is 15.0 Å². The Morgan fingerprint density at radius 3 is 2.81 bits per heavy atom. The number of ether oxygens (including phenoxy) is 1. The van der Waals surface area contributed by atoms with Crippen LogP contribution in [0.4, 0.5) is 0 Å². The first-order valence-corrected chi connectivity index (χ1v) is 7.53. The van der Waals surface area contributed by atoms with Gasteiger partial charge in [0.15, 0.2) is 0 Å². The molecule has 0 atom stereocenters. The van der Waals surface area contributed by atoms with Crippen LogP contribution in [0, 0.1) is 13.8 Å². The van der Waals surface area contributed by atoms with Crippen molar-refractivity contribution in [1.29, 1.82) is 0 Å². The fourth-order valence-electron chi connectivity index (χ4n) is 2.14. The third kappa shape index (κ3) is 2.54. The summed E-state index contributed by atoms with van der Waals surface area (Å²) in [6.45, 7) is 3.53. The smallest absolute Gasteiger partial charge is 0.344 e. The molecule has 0 unspecified atom stereocenters. The first-order valence-electron chi connectivity index (χ1n) is 6.34. The van der Waals surface area contributed by atoms with Gasteiger partial charge in [0.05, 0.1) is 15.6 Å². The molecule has 0 aliphatic carbocycles. The Hall–Kier alpha value is -1.85. The SMILES string of the molecule is Cc1noc(C)c1C(=O)OCc1sc2ccccc2c1Cl. The van der Waals surface area contributed by atoms with Gasteiger partial charge in [-0.1, -0.05) is 35.0 Å². The number of fused-ring (bicyclic) bond motifs is 1. The zero-order chi connectivity index (χ0) is 15.0. The molecule has 4 nitrogen and oxygen atoms in total. The largest absolute Gasteiger partial charge is 0.456 e. The van der Waals surface area contributed by atoms with E-state index in [1.165, 1.54) is 11.3 Å². The van der Waals surface area contributed by atoms with Gasteiger partial charge in [0.1, 0.15) is 17.9 Å². The van der Waals surface area contributed by atoms with Crippen molar-refractivity contribution in [3.05, 3.63) is 51.2 Å². The second kappa shape index (κ2) is 5.50. The number of benzene rings is 1. The Balaban J connectivity index is 1.81. The summed E-state index contributed by atoms with van der Waals surface area (Å²) in [5.41, 5.74) is 0.909. The highest BCUT2D eigenvalue weighted by Crippen LogP contribution is 2.35. The summed E-state index contributed by atoms with van der Waals surface area (Å²) >= 11 is 7.84. The van der Waals surface area contributed by atoms with Crippen LogP contribution in [-0.2, 0) is 11.3 Å². The van der Waals surface area contributed by atoms with Crippen molar-refractivity contribution in [2.24, 2.45) is 0 Å². The molecular weight excluding hydrogens is 310 g/mol. The van der Waals surface area contributed by atoms with Gasteiger partial charge in [-0.2, -0.15) is 0 Å². The van der Waals surface area contributed by atoms with Gasteiger partial charge in [-0.15, -0.1) is 11.3 Å². The van der Waals surface area contributed by atoms with Crippen LogP contribution in [0.15, 0.2) is 28.8 Å². The predicted molar refractivity (Wildman–Crippen MR) is 81.9 cm³/mol. The van der Waals surface area contributed by atoms with E-state index in [4.69, 9.17) is 20.9 Å². The molecular formula is C15H12ClNO3S. The average molecular weight is 322 g/mol. The molecule has 2 aromatic heterocycles. The zero-order valence-electron chi connectivity index (χ0n) is 11.5. The van der Waals surface area contributed by atoms with Crippen LogP contribution >= 0.6 is 22.9 Å². The van der Waals surface area contributed by atoms with E-state index in [2.05, 4.69) is 5.16 Å². The van der Waals surface area contributed by atoms with Crippen LogP contribution in [0.25, 0.3) is 10.1 Å². The summed E-state index contributed by atoms with van der Waals surface area (Å²) in [4.78, 5) is 12.9. The van der Waals surface area contributed by atoms with Crippen LogP contribution < -0.4 is 0 Å². The number of thiophene rings is 1. The molecule has 1 aromatic carbocycles. The van der Waals surface area contributed by atoms with Crippen molar-refractivity contribution in [3.8, 4) is 0 Å². The molecule has 108 valence electrons. The molecule has 6 heteroatoms. The monoisotopic (exact) mass is 321 g/mol. The quantitative estimate of drug-likeness (QED) is 0.666. The van der Waals surface area contributed by atoms with E-state index >= 15 is 0 Å². The molecule has 0 N–H and O–H groups in total. The molecule has 0 aliphatic rings. The number of nitrogens with zero attached hydrogens (tertiary/aromatic N) is 1. The van der Waals surface area contributed by atoms with E-state index in [-0.39, 0.29) is 6.61 Å². The Morgan fingerprint density at radius 1 is 1.38 bits per heavy atom. The number of aromatic nitrogens is 1. The molecule has 0 spiro atoms. The topological polar surface area (TPSA) is 52.3 Å². The lowest BCUT2D eigenvalue weighted by atomic mass is 10.2. The summed E-state index contributed by atoms with van der Waals surface area (Å²) in [5.74, 6) is 0.0136. The number of carbonyl (C=O) groups excluding carboxylic acids is 1. The molecule has 3 rings (SSSR count). The van der Waals surface area contributed by atoms with E-state index < -0.39 is 5.97 Å². The highest BCUT2D eigenvalue weighted by molar-refractivity contribution is 7.19. The molecule has 0 aliphatic heterocycles. The standard InChI is InChI=1S/C15H12ClNO3S/c1-8-13(9(2)20-17-8)15(18)19-7-12-14(16)10-5-3-4-6-11(10)21-12/h3-6H,7H2,1-2H3. The molecule has 0 saturated carbocycles. The van der Waals surface area contributed by atoms with Crippen LogP contribution in [0.1, 0.15) is 26.7 Å². The second-order valence-electron chi connectivity index (χ2n) is 4.61. The minimum absolute atomic E-state index is 0.140. The van der Waals surface area contributed by atoms with Gasteiger partial charge in [0.2, 0.25) is 0 Å². The van der Waals surface area contributed by atoms with Gasteiger partial charge >= 0.3 is 5.97 Å². The Morgan fingerprint density at radius 2 is 2.14 bits per heavy atom. The summed E-state index contributed by atoms with van der Waals surface area (Å²) in [5, 5.41) is 5.37. The Labute approximate surface area is 130 Å². The summed E-state index contributed by atoms with van der Waals surface area (Å²) < 4.78 is 11.4. The lowest BCUT2D eigenvalue weighted by Gasteiger charge is -2.03. The third-order valence-corrected chi connectivity index (χ3v) is 4.86. The van der Waals surface area contributed by atoms with Gasteiger partial charge in [0, 0.05) is 10.1 Å². The van der Waals surface area contributed by atoms with Crippen LogP contribution in [-0.4, -0.2) is 11.1 Å². The lowest BCUT2D eigenvalue weighted by molar-refractivity contribution is 0.0474. The number of halogens is 1. The van der Waals surface area contributed by atoms with Crippen LogP contribution in [0.2, 0.25) is 5.02 Å². The highest BCUT2D eigenvalue weighted by Gasteiger charge is 2.20. The van der Waals surface area contributed by atoms with Gasteiger partial charge in [-0.3, -0.25) is 0 Å². The van der Waals surface area contributed by atoms with E-state index in [1.807, 2.05) is 24.3 Å². The summed E-state index contributed by atoms with van der Waals surface area (Å²) in [6.07, 6.45) is 0. The minimum atomic E-state index is -0.445. The van der Waals surface area contributed by atoms with Crippen molar-refractivity contribution in [3.63, 3.8) is 0 Å². The second-order valence-corrected chi connectivity index (χ2v) is 6.13. The lowest BCUT2D eigenvalue weighted by Crippen LogP contribution is -2.06. The zero-order valence-corrected chi connectivity index (χ0v) is 13.0. The Bertz CT molecular complexity index is 802. The molecule has 0 fully saturated rings. The molecule has 0 radical (unpaired) electrons. The fourth-order valence-corrected chi connectivity index (χ4v) is 3.54. The Kier molecular flexibility index (Phi) is 3.69. The fraction of sp³-hybridized carbons (Fsp3) is 0.200. The number of hydrogen-bond acceptors (Lipinski definition) is 5. The van der Waals surface area contributed by atoms with E-state index in [9.17, 15) is 4.79 Å². The number of aryl methyl sites for hydroxylation is 2. The molecule has 0 saturated heterocycles. The number of esters is 1. The maximum Gasteiger partial charge on any atom is 0.344 e. The van der Waals surface area contributed by atoms with Crippen molar-refractivity contribution < 1.29 is 14.1 Å². The molecule has 2 heterocycles. The van der Waals surface area contributed by atoms with Gasteiger partial charge in [-0.05, 0) is 19.9 Å². The van der Waals surface area contributed by atoms with Gasteiger partial charge < -0.3 is 9.26 Å². The maximum atomic E-state index is 12.1. The normalized spacial score (nSPS) is 11.0. The van der Waals surface area contributed by atoms with Crippen LogP contribution in [0.5, 0.6) is 0 Å². The molecule has 3 aromatic rings. The number of hydrogen-bond donors (Lipinski definition) is 0. The van der Waals surface area contributed by atoms with Gasteiger partial charge in [0.25, 0.3) is 0 Å².